The number of aromatic carboxylic acids is 1. The van der Waals surface area contributed by atoms with Gasteiger partial charge in [-0.15, -0.1) is 0 Å². The molecule has 202 valence electrons. The third-order valence-electron chi connectivity index (χ3n) is 6.08. The van der Waals surface area contributed by atoms with E-state index in [1.165, 1.54) is 36.4 Å². The number of para-hydroxylation sites is 1. The van der Waals surface area contributed by atoms with E-state index in [2.05, 4.69) is 10.5 Å². The van der Waals surface area contributed by atoms with Gasteiger partial charge in [0.05, 0.1) is 28.2 Å². The van der Waals surface area contributed by atoms with Gasteiger partial charge in [0, 0.05) is 17.2 Å². The number of benzene rings is 4. The van der Waals surface area contributed by atoms with Crippen LogP contribution in [-0.2, 0) is 11.0 Å². The highest BCUT2D eigenvalue weighted by molar-refractivity contribution is 6.55. The summed E-state index contributed by atoms with van der Waals surface area (Å²) < 4.78 is 68.2. The van der Waals surface area contributed by atoms with Crippen molar-refractivity contribution in [2.24, 2.45) is 5.10 Å². The lowest BCUT2D eigenvalue weighted by Gasteiger charge is -2.18. The lowest BCUT2D eigenvalue weighted by molar-refractivity contribution is -0.137. The number of carbonyl (C=O) groups is 2. The van der Waals surface area contributed by atoms with Crippen molar-refractivity contribution in [3.8, 4) is 16.9 Å². The number of anilines is 3. The Kier molecular flexibility index (Phi) is 6.46. The first-order valence-corrected chi connectivity index (χ1v) is 11.5. The van der Waals surface area contributed by atoms with Gasteiger partial charge >= 0.3 is 12.1 Å². The maximum atomic E-state index is 14.0. The summed E-state index contributed by atoms with van der Waals surface area (Å²) >= 11 is 0. The molecule has 0 spiro atoms. The number of nitrogens with zero attached hydrogens (tertiary/aromatic N) is 2. The molecule has 0 radical (unpaired) electrons. The van der Waals surface area contributed by atoms with Crippen LogP contribution in [0.15, 0.2) is 84.0 Å². The lowest BCUT2D eigenvalue weighted by atomic mass is 10.0. The highest BCUT2D eigenvalue weighted by Crippen LogP contribution is 2.41. The van der Waals surface area contributed by atoms with Crippen molar-refractivity contribution in [3.63, 3.8) is 0 Å². The summed E-state index contributed by atoms with van der Waals surface area (Å²) in [6, 6.07) is 14.8. The highest BCUT2D eigenvalue weighted by Gasteiger charge is 2.39. The van der Waals surface area contributed by atoms with E-state index in [4.69, 9.17) is 0 Å². The quantitative estimate of drug-likeness (QED) is 0.148. The van der Waals surface area contributed by atoms with Gasteiger partial charge in [-0.1, -0.05) is 24.3 Å². The molecule has 5 rings (SSSR count). The van der Waals surface area contributed by atoms with E-state index in [1.807, 2.05) is 0 Å². The van der Waals surface area contributed by atoms with Crippen LogP contribution in [0.2, 0.25) is 0 Å². The van der Waals surface area contributed by atoms with Gasteiger partial charge in [-0.25, -0.2) is 13.6 Å². The average Bonchev–Trinajstić information content (AvgIpc) is 3.17. The summed E-state index contributed by atoms with van der Waals surface area (Å²) in [5, 5.41) is 24.1. The molecule has 1 aliphatic heterocycles. The van der Waals surface area contributed by atoms with Crippen molar-refractivity contribution < 1.29 is 41.8 Å². The number of aromatic hydroxyl groups is 1. The number of carboxylic acid groups (broad SMARTS) is 1. The molecular formula is C28H16F5N3O4. The van der Waals surface area contributed by atoms with E-state index in [0.29, 0.717) is 22.6 Å². The van der Waals surface area contributed by atoms with Crippen LogP contribution in [0.25, 0.3) is 11.1 Å². The van der Waals surface area contributed by atoms with Gasteiger partial charge in [0.15, 0.2) is 5.71 Å². The Morgan fingerprint density at radius 3 is 2.25 bits per heavy atom. The molecular weight excluding hydrogens is 537 g/mol. The number of amides is 1. The van der Waals surface area contributed by atoms with Crippen molar-refractivity contribution >= 4 is 34.7 Å². The van der Waals surface area contributed by atoms with E-state index < -0.39 is 35.3 Å². The number of carboxylic acids is 1. The zero-order chi connectivity index (χ0) is 28.8. The van der Waals surface area contributed by atoms with Crippen molar-refractivity contribution in [1.29, 1.82) is 0 Å². The number of hydrazone groups is 1. The Labute approximate surface area is 222 Å². The van der Waals surface area contributed by atoms with Crippen molar-refractivity contribution in [1.82, 2.24) is 0 Å². The molecule has 1 heterocycles. The summed E-state index contributed by atoms with van der Waals surface area (Å²) in [5.41, 5.74) is 0.912. The van der Waals surface area contributed by atoms with Crippen LogP contribution in [0.4, 0.5) is 39.0 Å². The molecule has 0 unspecified atom stereocenters. The van der Waals surface area contributed by atoms with E-state index >= 15 is 0 Å². The average molecular weight is 553 g/mol. The second-order valence-electron chi connectivity index (χ2n) is 8.66. The summed E-state index contributed by atoms with van der Waals surface area (Å²) in [5.74, 6) is -4.59. The van der Waals surface area contributed by atoms with Gasteiger partial charge in [0.2, 0.25) is 0 Å². The maximum Gasteiger partial charge on any atom is 0.416 e. The van der Waals surface area contributed by atoms with Gasteiger partial charge in [-0.2, -0.15) is 18.3 Å². The second kappa shape index (κ2) is 9.80. The molecule has 4 aromatic rings. The van der Waals surface area contributed by atoms with E-state index in [1.54, 1.807) is 6.07 Å². The fourth-order valence-corrected chi connectivity index (χ4v) is 4.26. The topological polar surface area (TPSA) is 102 Å². The molecule has 0 atom stereocenters. The first-order valence-electron chi connectivity index (χ1n) is 11.5. The number of alkyl halides is 3. The zero-order valence-electron chi connectivity index (χ0n) is 20.0. The second-order valence-corrected chi connectivity index (χ2v) is 8.66. The summed E-state index contributed by atoms with van der Waals surface area (Å²) in [4.78, 5) is 25.4. The van der Waals surface area contributed by atoms with Crippen LogP contribution >= 0.6 is 0 Å². The molecule has 0 fully saturated rings. The number of hydrogen-bond donors (Lipinski definition) is 3. The summed E-state index contributed by atoms with van der Waals surface area (Å²) in [6.45, 7) is 0. The SMILES string of the molecule is O=C(O)c1cccc(-c2cccc(N/N=C3\C(=O)N(c4cc(F)cc(F)c4)c4cc(C(F)(F)F)ccc43)c2O)c1. The van der Waals surface area contributed by atoms with Gasteiger partial charge < -0.3 is 10.2 Å². The summed E-state index contributed by atoms with van der Waals surface area (Å²) in [6.07, 6.45) is -4.76. The third-order valence-corrected chi connectivity index (χ3v) is 6.08. The monoisotopic (exact) mass is 553 g/mol. The fraction of sp³-hybridized carbons (Fsp3) is 0.0357. The molecule has 0 saturated carbocycles. The van der Waals surface area contributed by atoms with E-state index in [0.717, 1.165) is 24.3 Å². The minimum absolute atomic E-state index is 0.0118. The molecule has 40 heavy (non-hydrogen) atoms. The number of rotatable bonds is 5. The molecule has 4 aromatic carbocycles. The molecule has 0 saturated heterocycles. The summed E-state index contributed by atoms with van der Waals surface area (Å²) in [7, 11) is 0. The first kappa shape index (κ1) is 26.4. The van der Waals surface area contributed by atoms with Crippen LogP contribution in [0.1, 0.15) is 21.5 Å². The Balaban J connectivity index is 1.57. The normalized spacial score (nSPS) is 14.0. The number of hydrogen-bond acceptors (Lipinski definition) is 5. The van der Waals surface area contributed by atoms with Crippen LogP contribution in [0, 0.1) is 11.6 Å². The minimum atomic E-state index is -4.76. The molecule has 0 bridgehead atoms. The maximum absolute atomic E-state index is 14.0. The number of fused-ring (bicyclic) bond motifs is 1. The van der Waals surface area contributed by atoms with Crippen molar-refractivity contribution in [3.05, 3.63) is 107 Å². The van der Waals surface area contributed by atoms with Crippen LogP contribution in [-0.4, -0.2) is 27.8 Å². The third kappa shape index (κ3) is 4.82. The predicted octanol–water partition coefficient (Wildman–Crippen LogP) is 6.55. The van der Waals surface area contributed by atoms with Crippen LogP contribution in [0.3, 0.4) is 0 Å². The number of phenolic OH excluding ortho intramolecular Hbond substituents is 1. The van der Waals surface area contributed by atoms with Gasteiger partial charge in [-0.05, 0) is 54.1 Å². The van der Waals surface area contributed by atoms with E-state index in [9.17, 15) is 41.8 Å². The first-order chi connectivity index (χ1) is 18.9. The molecule has 7 nitrogen and oxygen atoms in total. The number of carbonyl (C=O) groups excluding carboxylic acids is 1. The van der Waals surface area contributed by atoms with E-state index in [-0.39, 0.29) is 45.2 Å². The Morgan fingerprint density at radius 2 is 1.57 bits per heavy atom. The molecule has 1 amide bonds. The largest absolute Gasteiger partial charge is 0.505 e. The highest BCUT2D eigenvalue weighted by atomic mass is 19.4. The molecule has 3 N–H and O–H groups in total. The Hall–Kier alpha value is -5.26. The Bertz CT molecular complexity index is 1700. The molecule has 12 heteroatoms. The Morgan fingerprint density at radius 1 is 0.875 bits per heavy atom. The van der Waals surface area contributed by atoms with Gasteiger partial charge in [0.1, 0.15) is 17.4 Å². The van der Waals surface area contributed by atoms with Gasteiger partial charge in [-0.3, -0.25) is 15.1 Å². The number of nitrogens with one attached hydrogen (secondary N) is 1. The molecule has 0 aliphatic carbocycles. The standard InChI is InChI=1S/C28H16F5N3O4/c29-17-11-18(30)13-19(12-17)36-23-10-16(28(31,32)33)7-8-21(23)24(26(36)38)35-34-22-6-2-5-20(25(22)37)14-3-1-4-15(9-14)27(39)40/h1-13,34,37H,(H,39,40)/b35-24-. The van der Waals surface area contributed by atoms with Crippen molar-refractivity contribution in [2.75, 3.05) is 10.3 Å². The lowest BCUT2D eigenvalue weighted by Crippen LogP contribution is -2.26. The number of phenols is 1. The molecule has 1 aliphatic rings. The van der Waals surface area contributed by atoms with Gasteiger partial charge in [0.25, 0.3) is 5.91 Å². The molecule has 0 aromatic heterocycles. The zero-order valence-corrected chi connectivity index (χ0v) is 20.0. The minimum Gasteiger partial charge on any atom is -0.505 e. The predicted molar refractivity (Wildman–Crippen MR) is 136 cm³/mol. The van der Waals surface area contributed by atoms with Crippen molar-refractivity contribution in [2.45, 2.75) is 6.18 Å². The smallest absolute Gasteiger partial charge is 0.416 e. The number of halogens is 5. The fourth-order valence-electron chi connectivity index (χ4n) is 4.26. The van der Waals surface area contributed by atoms with Crippen LogP contribution in [0.5, 0.6) is 5.75 Å². The van der Waals surface area contributed by atoms with Crippen LogP contribution < -0.4 is 10.3 Å².